The van der Waals surface area contributed by atoms with E-state index in [1.807, 2.05) is 13.8 Å². The molecule has 232 valence electrons. The van der Waals surface area contributed by atoms with E-state index < -0.39 is 63.8 Å². The molecule has 3 fully saturated rings. The van der Waals surface area contributed by atoms with Crippen LogP contribution in [0.2, 0.25) is 0 Å². The summed E-state index contributed by atoms with van der Waals surface area (Å²) >= 11 is 0. The number of aliphatic hydroxyl groups excluding tert-OH is 3. The summed E-state index contributed by atoms with van der Waals surface area (Å²) in [4.78, 5) is 27.0. The first kappa shape index (κ1) is 31.3. The zero-order chi connectivity index (χ0) is 30.9. The Morgan fingerprint density at radius 1 is 1.05 bits per heavy atom. The summed E-state index contributed by atoms with van der Waals surface area (Å²) in [6, 6.07) is 8.62. The second kappa shape index (κ2) is 10.5. The molecule has 42 heavy (non-hydrogen) atoms. The van der Waals surface area contributed by atoms with E-state index in [1.165, 1.54) is 0 Å². The van der Waals surface area contributed by atoms with Crippen LogP contribution in [0, 0.1) is 28.6 Å². The zero-order valence-corrected chi connectivity index (χ0v) is 25.5. The van der Waals surface area contributed by atoms with Gasteiger partial charge in [0.2, 0.25) is 0 Å². The van der Waals surface area contributed by atoms with Crippen molar-refractivity contribution in [3.8, 4) is 0 Å². The zero-order valence-electron chi connectivity index (χ0n) is 25.5. The quantitative estimate of drug-likeness (QED) is 0.305. The van der Waals surface area contributed by atoms with Crippen LogP contribution in [0.25, 0.3) is 0 Å². The number of esters is 1. The average molecular weight is 585 g/mol. The molecule has 1 aromatic carbocycles. The number of allylic oxidation sites excluding steroid dienone is 1. The van der Waals surface area contributed by atoms with Gasteiger partial charge in [0.1, 0.15) is 5.60 Å². The number of ketones is 1. The fourth-order valence-electron chi connectivity index (χ4n) is 9.27. The Labute approximate surface area is 248 Å². The van der Waals surface area contributed by atoms with Crippen LogP contribution in [-0.2, 0) is 9.53 Å². The van der Waals surface area contributed by atoms with Gasteiger partial charge in [-0.1, -0.05) is 32.0 Å². The Bertz CT molecular complexity index is 1240. The van der Waals surface area contributed by atoms with Crippen molar-refractivity contribution in [1.29, 1.82) is 0 Å². The fraction of sp³-hybridized carbons (Fsp3) is 0.706. The Hall–Kier alpha value is -2.10. The van der Waals surface area contributed by atoms with E-state index in [1.54, 1.807) is 57.2 Å². The molecule has 1 aromatic rings. The van der Waals surface area contributed by atoms with Crippen LogP contribution in [-0.4, -0.2) is 72.4 Å². The lowest BCUT2D eigenvalue weighted by Gasteiger charge is -2.61. The Morgan fingerprint density at radius 3 is 2.36 bits per heavy atom. The molecule has 5 N–H and O–H groups in total. The number of rotatable bonds is 7. The van der Waals surface area contributed by atoms with Crippen molar-refractivity contribution in [3.05, 3.63) is 47.5 Å². The van der Waals surface area contributed by atoms with Gasteiger partial charge in [0, 0.05) is 17.3 Å². The van der Waals surface area contributed by atoms with E-state index in [-0.39, 0.29) is 37.4 Å². The van der Waals surface area contributed by atoms with Gasteiger partial charge in [0.25, 0.3) is 0 Å². The summed E-state index contributed by atoms with van der Waals surface area (Å²) in [7, 11) is 0. The molecule has 4 aliphatic rings. The Morgan fingerprint density at radius 2 is 1.71 bits per heavy atom. The number of carbonyl (C=O) groups excluding carboxylic acids is 2. The topological polar surface area (TPSA) is 145 Å². The molecule has 0 bridgehead atoms. The van der Waals surface area contributed by atoms with Crippen molar-refractivity contribution in [1.82, 2.24) is 0 Å². The van der Waals surface area contributed by atoms with Gasteiger partial charge in [-0.25, -0.2) is 4.79 Å². The van der Waals surface area contributed by atoms with Crippen LogP contribution in [0.15, 0.2) is 42.0 Å². The highest BCUT2D eigenvalue weighted by Gasteiger charge is 2.70. The lowest BCUT2D eigenvalue weighted by Crippen LogP contribution is -2.63. The minimum Gasteiger partial charge on any atom is -0.453 e. The molecule has 0 saturated heterocycles. The number of ether oxygens (including phenoxy) is 1. The lowest BCUT2D eigenvalue weighted by atomic mass is 9.45. The molecule has 0 heterocycles. The monoisotopic (exact) mass is 584 g/mol. The van der Waals surface area contributed by atoms with Crippen molar-refractivity contribution >= 4 is 11.8 Å². The lowest BCUT2D eigenvalue weighted by molar-refractivity contribution is -0.178. The number of benzene rings is 1. The number of carbonyl (C=O) groups is 2. The Kier molecular flexibility index (Phi) is 7.84. The van der Waals surface area contributed by atoms with Crippen LogP contribution < -0.4 is 0 Å². The maximum absolute atomic E-state index is 13.5. The van der Waals surface area contributed by atoms with Crippen molar-refractivity contribution in [2.24, 2.45) is 28.6 Å². The van der Waals surface area contributed by atoms with E-state index >= 15 is 0 Å². The Balaban J connectivity index is 1.53. The largest absolute Gasteiger partial charge is 0.453 e. The SMILES string of the molecule is CC(C)(O)CCC(O)[C@](C)(OC(=O)c1ccccc1)[C@H]1CC[C@@]2(O)C3=CC(=O)[C@@H]4C[C@@H](O)[C@@H](O)C[C@]4(C)[C@H]3CC[C@]12C. The minimum absolute atomic E-state index is 0.126. The van der Waals surface area contributed by atoms with E-state index in [4.69, 9.17) is 4.74 Å². The van der Waals surface area contributed by atoms with E-state index in [0.29, 0.717) is 36.8 Å². The first-order chi connectivity index (χ1) is 19.5. The predicted octanol–water partition coefficient (Wildman–Crippen LogP) is 3.72. The van der Waals surface area contributed by atoms with Gasteiger partial charge in [-0.05, 0) is 107 Å². The van der Waals surface area contributed by atoms with Gasteiger partial charge in [-0.3, -0.25) is 4.79 Å². The molecule has 10 atom stereocenters. The van der Waals surface area contributed by atoms with Gasteiger partial charge in [-0.2, -0.15) is 0 Å². The maximum Gasteiger partial charge on any atom is 0.338 e. The van der Waals surface area contributed by atoms with Gasteiger partial charge in [0.05, 0.1) is 35.1 Å². The van der Waals surface area contributed by atoms with Crippen LogP contribution in [0.5, 0.6) is 0 Å². The number of aliphatic hydroxyl groups is 5. The molecule has 0 radical (unpaired) electrons. The molecule has 0 amide bonds. The first-order valence-electron chi connectivity index (χ1n) is 15.5. The third kappa shape index (κ3) is 4.87. The molecule has 8 nitrogen and oxygen atoms in total. The summed E-state index contributed by atoms with van der Waals surface area (Å²) in [6.07, 6.45) is 1.61. The van der Waals surface area contributed by atoms with Crippen molar-refractivity contribution in [2.45, 2.75) is 121 Å². The summed E-state index contributed by atoms with van der Waals surface area (Å²) in [5.74, 6) is -1.70. The highest BCUT2D eigenvalue weighted by atomic mass is 16.6. The van der Waals surface area contributed by atoms with Gasteiger partial charge in [-0.15, -0.1) is 0 Å². The molecule has 8 heteroatoms. The third-order valence-corrected chi connectivity index (χ3v) is 11.8. The van der Waals surface area contributed by atoms with Crippen molar-refractivity contribution < 1.29 is 39.9 Å². The molecular weight excluding hydrogens is 536 g/mol. The summed E-state index contributed by atoms with van der Waals surface area (Å²) in [5.41, 5.74) is -4.17. The van der Waals surface area contributed by atoms with E-state index in [9.17, 15) is 35.1 Å². The summed E-state index contributed by atoms with van der Waals surface area (Å²) in [6.45, 7) is 9.08. The molecule has 1 unspecified atom stereocenters. The second-order valence-electron chi connectivity index (χ2n) is 14.9. The molecule has 0 spiro atoms. The van der Waals surface area contributed by atoms with Gasteiger partial charge >= 0.3 is 5.97 Å². The number of hydrogen-bond donors (Lipinski definition) is 5. The average Bonchev–Trinajstić information content (AvgIpc) is 3.20. The van der Waals surface area contributed by atoms with Crippen LogP contribution >= 0.6 is 0 Å². The summed E-state index contributed by atoms with van der Waals surface area (Å²) < 4.78 is 6.25. The van der Waals surface area contributed by atoms with E-state index in [0.717, 1.165) is 0 Å². The second-order valence-corrected chi connectivity index (χ2v) is 14.9. The highest BCUT2D eigenvalue weighted by Crippen LogP contribution is 2.69. The minimum atomic E-state index is -1.39. The molecule has 3 saturated carbocycles. The van der Waals surface area contributed by atoms with E-state index in [2.05, 4.69) is 0 Å². The van der Waals surface area contributed by atoms with Gasteiger partial charge < -0.3 is 30.3 Å². The normalized spacial score (nSPS) is 40.2. The van der Waals surface area contributed by atoms with Crippen LogP contribution in [0.3, 0.4) is 0 Å². The molecule has 0 aromatic heterocycles. The fourth-order valence-corrected chi connectivity index (χ4v) is 9.27. The third-order valence-electron chi connectivity index (χ3n) is 11.8. The van der Waals surface area contributed by atoms with Crippen LogP contribution in [0.1, 0.15) is 96.3 Å². The molecular formula is C34H48O8. The predicted molar refractivity (Wildman–Crippen MR) is 156 cm³/mol. The van der Waals surface area contributed by atoms with Crippen molar-refractivity contribution in [3.63, 3.8) is 0 Å². The number of fused-ring (bicyclic) bond motifs is 5. The number of hydrogen-bond acceptors (Lipinski definition) is 8. The van der Waals surface area contributed by atoms with Crippen LogP contribution in [0.4, 0.5) is 0 Å². The van der Waals surface area contributed by atoms with Crippen molar-refractivity contribution in [2.75, 3.05) is 0 Å². The maximum atomic E-state index is 13.5. The molecule has 0 aliphatic heterocycles. The molecule has 5 rings (SSSR count). The van der Waals surface area contributed by atoms with Gasteiger partial charge in [0.15, 0.2) is 5.78 Å². The summed E-state index contributed by atoms with van der Waals surface area (Å²) in [5, 5.41) is 55.7. The smallest absolute Gasteiger partial charge is 0.338 e. The first-order valence-corrected chi connectivity index (χ1v) is 15.5. The molecule has 4 aliphatic carbocycles. The highest BCUT2D eigenvalue weighted by molar-refractivity contribution is 5.95. The standard InChI is InChI=1S/C34H48O8/c1-30(2,40)14-13-28(38)33(5,42-29(39)20-9-7-6-8-10-20)27-12-16-34(41)22-17-24(35)23-18-25(36)26(37)19-31(23,3)21(22)11-15-32(27,34)4/h6-10,17,21,23,25-28,36-38,40-41H,11-16,18-19H2,1-5H3/t21-,23-,25+,26-,27-,28?,31+,32+,33+,34+/m0/s1.